The van der Waals surface area contributed by atoms with E-state index in [2.05, 4.69) is 18.2 Å². The number of benzene rings is 2. The fourth-order valence-electron chi connectivity index (χ4n) is 4.07. The molecule has 0 saturated heterocycles. The Hall–Kier alpha value is -2.29. The Morgan fingerprint density at radius 2 is 1.46 bits per heavy atom. The highest BCUT2D eigenvalue weighted by molar-refractivity contribution is 6.10. The number of ether oxygens (including phenoxy) is 2. The van der Waals surface area contributed by atoms with Crippen molar-refractivity contribution >= 4 is 21.5 Å². The van der Waals surface area contributed by atoms with E-state index in [9.17, 15) is 0 Å². The first-order valence-corrected chi connectivity index (χ1v) is 8.76. The van der Waals surface area contributed by atoms with Crippen molar-refractivity contribution in [3.8, 4) is 11.5 Å². The molecule has 1 aromatic heterocycles. The van der Waals surface area contributed by atoms with Gasteiger partial charge in [-0.05, 0) is 18.9 Å². The van der Waals surface area contributed by atoms with Crippen LogP contribution in [0.4, 0.5) is 0 Å². The van der Waals surface area contributed by atoms with Gasteiger partial charge in [-0.25, -0.2) is 0 Å². The SMILES string of the molecule is COc1c2ccccc2c(OC)c2cc(C3CCCCC3)ncc12. The van der Waals surface area contributed by atoms with Gasteiger partial charge in [-0.15, -0.1) is 0 Å². The van der Waals surface area contributed by atoms with E-state index in [-0.39, 0.29) is 0 Å². The summed E-state index contributed by atoms with van der Waals surface area (Å²) in [6, 6.07) is 10.5. The third-order valence-corrected chi connectivity index (χ3v) is 5.26. The number of nitrogens with zero attached hydrogens (tertiary/aromatic N) is 1. The summed E-state index contributed by atoms with van der Waals surface area (Å²) in [6.45, 7) is 0. The summed E-state index contributed by atoms with van der Waals surface area (Å²) in [7, 11) is 3.47. The Bertz CT molecular complexity index is 882. The summed E-state index contributed by atoms with van der Waals surface area (Å²) >= 11 is 0. The molecular formula is C21H23NO2. The fraction of sp³-hybridized carbons (Fsp3) is 0.381. The Kier molecular flexibility index (Phi) is 4.01. The minimum Gasteiger partial charge on any atom is -0.495 e. The minimum atomic E-state index is 0.574. The van der Waals surface area contributed by atoms with Crippen molar-refractivity contribution in [2.45, 2.75) is 38.0 Å². The first kappa shape index (κ1) is 15.3. The van der Waals surface area contributed by atoms with E-state index in [1.165, 1.54) is 37.8 Å². The summed E-state index contributed by atoms with van der Waals surface area (Å²) in [6.07, 6.45) is 8.42. The molecule has 24 heavy (non-hydrogen) atoms. The van der Waals surface area contributed by atoms with Gasteiger partial charge in [0.25, 0.3) is 0 Å². The average Bonchev–Trinajstić information content (AvgIpc) is 2.66. The highest BCUT2D eigenvalue weighted by Crippen LogP contribution is 2.43. The Morgan fingerprint density at radius 1 is 0.833 bits per heavy atom. The van der Waals surface area contributed by atoms with Crippen molar-refractivity contribution in [1.82, 2.24) is 4.98 Å². The molecular weight excluding hydrogens is 298 g/mol. The van der Waals surface area contributed by atoms with E-state index in [1.54, 1.807) is 14.2 Å². The second kappa shape index (κ2) is 6.31. The van der Waals surface area contributed by atoms with Crippen molar-refractivity contribution < 1.29 is 9.47 Å². The van der Waals surface area contributed by atoms with Gasteiger partial charge in [0.05, 0.1) is 14.2 Å². The average molecular weight is 321 g/mol. The van der Waals surface area contributed by atoms with Gasteiger partial charge < -0.3 is 9.47 Å². The molecule has 0 amide bonds. The maximum atomic E-state index is 5.80. The number of fused-ring (bicyclic) bond motifs is 2. The largest absolute Gasteiger partial charge is 0.495 e. The van der Waals surface area contributed by atoms with Crippen LogP contribution in [0, 0.1) is 0 Å². The summed E-state index contributed by atoms with van der Waals surface area (Å²) in [5, 5.41) is 4.28. The van der Waals surface area contributed by atoms with Crippen LogP contribution < -0.4 is 9.47 Å². The maximum absolute atomic E-state index is 5.80. The van der Waals surface area contributed by atoms with Crippen molar-refractivity contribution in [1.29, 1.82) is 0 Å². The van der Waals surface area contributed by atoms with Crippen LogP contribution in [0.3, 0.4) is 0 Å². The lowest BCUT2D eigenvalue weighted by Crippen LogP contribution is -2.06. The zero-order valence-corrected chi connectivity index (χ0v) is 14.3. The molecule has 1 aliphatic carbocycles. The van der Waals surface area contributed by atoms with Crippen LogP contribution in [-0.2, 0) is 0 Å². The lowest BCUT2D eigenvalue weighted by molar-refractivity contribution is 0.417. The normalized spacial score (nSPS) is 15.8. The van der Waals surface area contributed by atoms with Gasteiger partial charge in [0.2, 0.25) is 0 Å². The molecule has 0 atom stereocenters. The molecule has 3 nitrogen and oxygen atoms in total. The van der Waals surface area contributed by atoms with Crippen LogP contribution in [0.25, 0.3) is 21.5 Å². The number of aromatic nitrogens is 1. The van der Waals surface area contributed by atoms with E-state index in [4.69, 9.17) is 14.5 Å². The third kappa shape index (κ3) is 2.39. The monoisotopic (exact) mass is 321 g/mol. The predicted molar refractivity (Wildman–Crippen MR) is 98.2 cm³/mol. The summed E-state index contributed by atoms with van der Waals surface area (Å²) < 4.78 is 11.5. The van der Waals surface area contributed by atoms with E-state index < -0.39 is 0 Å². The van der Waals surface area contributed by atoms with Gasteiger partial charge in [0, 0.05) is 39.4 Å². The van der Waals surface area contributed by atoms with Crippen LogP contribution in [0.5, 0.6) is 11.5 Å². The molecule has 3 aromatic rings. The van der Waals surface area contributed by atoms with Crippen molar-refractivity contribution in [3.05, 3.63) is 42.2 Å². The predicted octanol–water partition coefficient (Wildman–Crippen LogP) is 5.45. The Labute approximate surface area is 142 Å². The summed E-state index contributed by atoms with van der Waals surface area (Å²) in [5.74, 6) is 2.37. The van der Waals surface area contributed by atoms with Gasteiger partial charge in [-0.1, -0.05) is 43.5 Å². The first-order chi connectivity index (χ1) is 11.8. The van der Waals surface area contributed by atoms with Gasteiger partial charge in [-0.2, -0.15) is 0 Å². The van der Waals surface area contributed by atoms with Gasteiger partial charge in [-0.3, -0.25) is 4.98 Å². The topological polar surface area (TPSA) is 31.4 Å². The minimum absolute atomic E-state index is 0.574. The molecule has 0 radical (unpaired) electrons. The third-order valence-electron chi connectivity index (χ3n) is 5.26. The van der Waals surface area contributed by atoms with E-state index in [1.807, 2.05) is 18.3 Å². The number of rotatable bonds is 3. The number of pyridine rings is 1. The molecule has 0 unspecified atom stereocenters. The smallest absolute Gasteiger partial charge is 0.136 e. The zero-order valence-electron chi connectivity index (χ0n) is 14.3. The molecule has 1 heterocycles. The van der Waals surface area contributed by atoms with E-state index >= 15 is 0 Å². The van der Waals surface area contributed by atoms with Gasteiger partial charge in [0.1, 0.15) is 11.5 Å². The summed E-state index contributed by atoms with van der Waals surface area (Å²) in [4.78, 5) is 4.79. The van der Waals surface area contributed by atoms with Crippen LogP contribution in [0.1, 0.15) is 43.7 Å². The van der Waals surface area contributed by atoms with Gasteiger partial charge >= 0.3 is 0 Å². The maximum Gasteiger partial charge on any atom is 0.136 e. The standard InChI is InChI=1S/C21H23NO2/c1-23-20-15-10-6-7-11-16(15)21(24-2)18-13-22-19(12-17(18)20)14-8-4-3-5-9-14/h6-7,10-14H,3-5,8-9H2,1-2H3. The molecule has 0 N–H and O–H groups in total. The second-order valence-electron chi connectivity index (χ2n) is 6.60. The highest BCUT2D eigenvalue weighted by atomic mass is 16.5. The lowest BCUT2D eigenvalue weighted by atomic mass is 9.86. The Morgan fingerprint density at radius 3 is 2.08 bits per heavy atom. The second-order valence-corrected chi connectivity index (χ2v) is 6.60. The molecule has 1 fully saturated rings. The molecule has 124 valence electrons. The quantitative estimate of drug-likeness (QED) is 0.601. The van der Waals surface area contributed by atoms with E-state index in [0.717, 1.165) is 33.0 Å². The number of hydrogen-bond acceptors (Lipinski definition) is 3. The van der Waals surface area contributed by atoms with Gasteiger partial charge in [0.15, 0.2) is 0 Å². The molecule has 4 rings (SSSR count). The van der Waals surface area contributed by atoms with Crippen molar-refractivity contribution in [3.63, 3.8) is 0 Å². The molecule has 2 aromatic carbocycles. The fourth-order valence-corrected chi connectivity index (χ4v) is 4.07. The van der Waals surface area contributed by atoms with Crippen LogP contribution >= 0.6 is 0 Å². The molecule has 1 aliphatic rings. The number of hydrogen-bond donors (Lipinski definition) is 0. The summed E-state index contributed by atoms with van der Waals surface area (Å²) in [5.41, 5.74) is 1.19. The van der Waals surface area contributed by atoms with Crippen molar-refractivity contribution in [2.24, 2.45) is 0 Å². The van der Waals surface area contributed by atoms with Crippen LogP contribution in [-0.4, -0.2) is 19.2 Å². The first-order valence-electron chi connectivity index (χ1n) is 8.76. The molecule has 0 bridgehead atoms. The van der Waals surface area contributed by atoms with Crippen LogP contribution in [0.2, 0.25) is 0 Å². The molecule has 1 saturated carbocycles. The number of methoxy groups -OCH3 is 2. The Balaban J connectivity index is 1.99. The van der Waals surface area contributed by atoms with E-state index in [0.29, 0.717) is 5.92 Å². The van der Waals surface area contributed by atoms with Crippen molar-refractivity contribution in [2.75, 3.05) is 14.2 Å². The zero-order chi connectivity index (χ0) is 16.5. The molecule has 3 heteroatoms. The highest BCUT2D eigenvalue weighted by Gasteiger charge is 2.20. The lowest BCUT2D eigenvalue weighted by Gasteiger charge is -2.22. The molecule has 0 spiro atoms. The van der Waals surface area contributed by atoms with Crippen LogP contribution in [0.15, 0.2) is 36.5 Å². The molecule has 0 aliphatic heterocycles.